The zero-order chi connectivity index (χ0) is 10.2. The van der Waals surface area contributed by atoms with Crippen molar-refractivity contribution in [3.63, 3.8) is 0 Å². The van der Waals surface area contributed by atoms with Gasteiger partial charge < -0.3 is 0 Å². The topological polar surface area (TPSA) is 27.0 Å². The molecule has 78 valence electrons. The van der Waals surface area contributed by atoms with E-state index in [1.54, 1.807) is 0 Å². The average Bonchev–Trinajstić information content (AvgIpc) is 2.16. The minimum atomic E-state index is 0.295. The molecule has 2 aliphatic rings. The fraction of sp³-hybridized carbons (Fsp3) is 0.917. The largest absolute Gasteiger partial charge is 0.299 e. The van der Waals surface area contributed by atoms with Crippen LogP contribution in [0.25, 0.3) is 0 Å². The molecule has 0 N–H and O–H groups in total. The van der Waals surface area contributed by atoms with Crippen LogP contribution in [0.3, 0.4) is 0 Å². The van der Waals surface area contributed by atoms with Crippen LogP contribution in [0.2, 0.25) is 0 Å². The normalized spacial score (nSPS) is 37.2. The third-order valence-electron chi connectivity index (χ3n) is 3.88. The summed E-state index contributed by atoms with van der Waals surface area (Å²) in [7, 11) is 0. The Hall–Kier alpha value is -0.550. The average molecular weight is 192 g/mol. The van der Waals surface area contributed by atoms with Crippen molar-refractivity contribution >= 4 is 0 Å². The highest BCUT2D eigenvalue weighted by atomic mass is 15.2. The number of nitrogens with zero attached hydrogens (tertiary/aromatic N) is 2. The van der Waals surface area contributed by atoms with Gasteiger partial charge in [0, 0.05) is 6.04 Å². The molecule has 0 aromatic heterocycles. The van der Waals surface area contributed by atoms with Crippen molar-refractivity contribution in [3.05, 3.63) is 0 Å². The monoisotopic (exact) mass is 192 g/mol. The van der Waals surface area contributed by atoms with Crippen LogP contribution in [-0.2, 0) is 0 Å². The van der Waals surface area contributed by atoms with Crippen LogP contribution in [0.5, 0.6) is 0 Å². The van der Waals surface area contributed by atoms with Gasteiger partial charge in [-0.3, -0.25) is 4.90 Å². The van der Waals surface area contributed by atoms with Crippen LogP contribution in [0, 0.1) is 22.7 Å². The number of piperidine rings is 1. The summed E-state index contributed by atoms with van der Waals surface area (Å²) in [5, 5.41) is 9.04. The third kappa shape index (κ3) is 1.54. The first-order valence-corrected chi connectivity index (χ1v) is 5.79. The van der Waals surface area contributed by atoms with Gasteiger partial charge in [0.05, 0.1) is 12.0 Å². The Bertz CT molecular complexity index is 246. The maximum atomic E-state index is 9.04. The fourth-order valence-electron chi connectivity index (χ4n) is 3.24. The summed E-state index contributed by atoms with van der Waals surface area (Å²) in [6.07, 6.45) is 5.11. The van der Waals surface area contributed by atoms with Gasteiger partial charge in [-0.1, -0.05) is 20.3 Å². The Balaban J connectivity index is 2.03. The molecule has 2 atom stereocenters. The van der Waals surface area contributed by atoms with Crippen LogP contribution < -0.4 is 0 Å². The molecule has 2 unspecified atom stereocenters. The van der Waals surface area contributed by atoms with E-state index in [0.29, 0.717) is 17.4 Å². The van der Waals surface area contributed by atoms with Gasteiger partial charge in [-0.25, -0.2) is 0 Å². The molecule has 2 rings (SSSR count). The molecule has 14 heavy (non-hydrogen) atoms. The molecule has 0 aromatic carbocycles. The second-order valence-electron chi connectivity index (χ2n) is 5.47. The molecular weight excluding hydrogens is 172 g/mol. The molecule has 0 spiro atoms. The minimum absolute atomic E-state index is 0.295. The molecule has 0 radical (unpaired) electrons. The Morgan fingerprint density at radius 1 is 1.21 bits per heavy atom. The first-order valence-electron chi connectivity index (χ1n) is 5.79. The Morgan fingerprint density at radius 3 is 2.36 bits per heavy atom. The lowest BCUT2D eigenvalue weighted by molar-refractivity contribution is -0.0440. The van der Waals surface area contributed by atoms with Gasteiger partial charge in [-0.2, -0.15) is 5.26 Å². The second-order valence-corrected chi connectivity index (χ2v) is 5.47. The molecule has 2 nitrogen and oxygen atoms in total. The molecule has 2 heteroatoms. The number of rotatable bonds is 1. The first-order chi connectivity index (χ1) is 6.65. The molecule has 1 saturated carbocycles. The number of hydrogen-bond donors (Lipinski definition) is 0. The van der Waals surface area contributed by atoms with Crippen molar-refractivity contribution in [2.75, 3.05) is 13.1 Å². The smallest absolute Gasteiger partial charge is 0.0672 e. The molecule has 1 aliphatic heterocycles. The minimum Gasteiger partial charge on any atom is -0.299 e. The second kappa shape index (κ2) is 3.55. The summed E-state index contributed by atoms with van der Waals surface area (Å²) >= 11 is 0. The quantitative estimate of drug-likeness (QED) is 0.638. The van der Waals surface area contributed by atoms with Crippen LogP contribution in [0.4, 0.5) is 0 Å². The van der Waals surface area contributed by atoms with Crippen molar-refractivity contribution in [2.45, 2.75) is 45.6 Å². The summed E-state index contributed by atoms with van der Waals surface area (Å²) in [4.78, 5) is 2.56. The lowest BCUT2D eigenvalue weighted by Crippen LogP contribution is -2.59. The standard InChI is InChI=1S/C12H20N2/c1-12(2)8-10(9-13)11(12)14-6-4-3-5-7-14/h10-11H,3-8H2,1-2H3. The lowest BCUT2D eigenvalue weighted by atomic mass is 9.59. The van der Waals surface area contributed by atoms with E-state index in [0.717, 1.165) is 6.42 Å². The van der Waals surface area contributed by atoms with Crippen molar-refractivity contribution in [2.24, 2.45) is 11.3 Å². The number of likely N-dealkylation sites (tertiary alicyclic amines) is 1. The van der Waals surface area contributed by atoms with Crippen LogP contribution >= 0.6 is 0 Å². The van der Waals surface area contributed by atoms with Crippen LogP contribution in [-0.4, -0.2) is 24.0 Å². The first kappa shape index (κ1) is 9.98. The predicted octanol–water partition coefficient (Wildman–Crippen LogP) is 2.41. The van der Waals surface area contributed by atoms with Crippen molar-refractivity contribution in [3.8, 4) is 6.07 Å². The van der Waals surface area contributed by atoms with Crippen molar-refractivity contribution in [1.29, 1.82) is 5.26 Å². The summed E-state index contributed by atoms with van der Waals surface area (Å²) in [5.41, 5.74) is 0.373. The highest BCUT2D eigenvalue weighted by molar-refractivity contribution is 5.10. The maximum Gasteiger partial charge on any atom is 0.0672 e. The van der Waals surface area contributed by atoms with Crippen molar-refractivity contribution < 1.29 is 0 Å². The van der Waals surface area contributed by atoms with Crippen molar-refractivity contribution in [1.82, 2.24) is 4.90 Å². The van der Waals surface area contributed by atoms with E-state index in [1.165, 1.54) is 32.4 Å². The van der Waals surface area contributed by atoms with Crippen LogP contribution in [0.15, 0.2) is 0 Å². The molecule has 1 heterocycles. The molecule has 1 saturated heterocycles. The predicted molar refractivity (Wildman–Crippen MR) is 56.7 cm³/mol. The van der Waals surface area contributed by atoms with Gasteiger partial charge in [-0.15, -0.1) is 0 Å². The summed E-state index contributed by atoms with van der Waals surface area (Å²) < 4.78 is 0. The molecule has 0 aromatic rings. The van der Waals surface area contributed by atoms with E-state index in [-0.39, 0.29) is 0 Å². The maximum absolute atomic E-state index is 9.04. The van der Waals surface area contributed by atoms with Crippen LogP contribution in [0.1, 0.15) is 39.5 Å². The highest BCUT2D eigenvalue weighted by Gasteiger charge is 2.50. The zero-order valence-corrected chi connectivity index (χ0v) is 9.29. The van der Waals surface area contributed by atoms with Gasteiger partial charge in [0.1, 0.15) is 0 Å². The van der Waals surface area contributed by atoms with Gasteiger partial charge in [-0.05, 0) is 37.8 Å². The molecule has 1 aliphatic carbocycles. The third-order valence-corrected chi connectivity index (χ3v) is 3.88. The SMILES string of the molecule is CC1(C)CC(C#N)C1N1CCCCC1. The fourth-order valence-corrected chi connectivity index (χ4v) is 3.24. The highest BCUT2D eigenvalue weighted by Crippen LogP contribution is 2.48. The lowest BCUT2D eigenvalue weighted by Gasteiger charge is -2.54. The van der Waals surface area contributed by atoms with E-state index in [2.05, 4.69) is 24.8 Å². The van der Waals surface area contributed by atoms with E-state index in [9.17, 15) is 0 Å². The number of nitriles is 1. The van der Waals surface area contributed by atoms with E-state index >= 15 is 0 Å². The Kier molecular flexibility index (Phi) is 2.53. The number of hydrogen-bond acceptors (Lipinski definition) is 2. The zero-order valence-electron chi connectivity index (χ0n) is 9.29. The van der Waals surface area contributed by atoms with E-state index in [4.69, 9.17) is 5.26 Å². The van der Waals surface area contributed by atoms with Gasteiger partial charge >= 0.3 is 0 Å². The summed E-state index contributed by atoms with van der Waals surface area (Å²) in [6.45, 7) is 7.04. The molecular formula is C12H20N2. The Morgan fingerprint density at radius 2 is 1.86 bits per heavy atom. The van der Waals surface area contributed by atoms with Gasteiger partial charge in [0.2, 0.25) is 0 Å². The summed E-state index contributed by atoms with van der Waals surface area (Å²) in [6, 6.07) is 3.00. The van der Waals surface area contributed by atoms with E-state index in [1.807, 2.05) is 0 Å². The Labute approximate surface area is 86.9 Å². The molecule has 2 fully saturated rings. The molecule has 0 bridgehead atoms. The summed E-state index contributed by atoms with van der Waals surface area (Å²) in [5.74, 6) is 0.295. The van der Waals surface area contributed by atoms with Gasteiger partial charge in [0.15, 0.2) is 0 Å². The van der Waals surface area contributed by atoms with Gasteiger partial charge in [0.25, 0.3) is 0 Å². The van der Waals surface area contributed by atoms with E-state index < -0.39 is 0 Å². The molecule has 0 amide bonds.